The highest BCUT2D eigenvalue weighted by Gasteiger charge is 2.19. The van der Waals surface area contributed by atoms with Crippen molar-refractivity contribution in [3.8, 4) is 0 Å². The van der Waals surface area contributed by atoms with Crippen molar-refractivity contribution in [1.82, 2.24) is 9.97 Å². The fourth-order valence-corrected chi connectivity index (χ4v) is 4.76. The predicted octanol–water partition coefficient (Wildman–Crippen LogP) is 3.07. The standard InChI is InChI=1S/C14H13F2N3O3S.C13H13N3O3S/c1-22-13(21)11-6-23-14(18-11)19-12(20)10(17)4-7-2-8(15)5-9(16)3-7;14-9(6-8-4-2-1-3-5-8)11(17)16-13-15-10(7-20-13)12(18)19/h2-3,5-6,10H,4,17H2,1H3,(H,18,19,20);1-5,7,9H,6,14H2,(H,18,19)(H,15,16,17)/t10-;9-/m00/s1. The second kappa shape index (κ2) is 15.5. The molecule has 16 heteroatoms. The SMILES string of the molecule is COC(=O)c1csc(NC(=O)[C@@H](N)Cc2cc(F)cc(F)c2)n1.N[C@@H](Cc1ccccc1)C(=O)Nc1nc(C(=O)O)cs1. The van der Waals surface area contributed by atoms with Crippen LogP contribution in [0.5, 0.6) is 0 Å². The molecule has 0 aliphatic heterocycles. The Labute approximate surface area is 251 Å². The maximum absolute atomic E-state index is 13.1. The van der Waals surface area contributed by atoms with Crippen LogP contribution in [0.15, 0.2) is 59.3 Å². The number of carboxylic acid groups (broad SMARTS) is 1. The number of aromatic nitrogens is 2. The Morgan fingerprint density at radius 2 is 1.33 bits per heavy atom. The monoisotopic (exact) mass is 632 g/mol. The zero-order chi connectivity index (χ0) is 31.5. The average molecular weight is 633 g/mol. The number of methoxy groups -OCH3 is 1. The quantitative estimate of drug-likeness (QED) is 0.162. The van der Waals surface area contributed by atoms with E-state index in [1.54, 1.807) is 0 Å². The summed E-state index contributed by atoms with van der Waals surface area (Å²) in [6.45, 7) is 0. The average Bonchev–Trinajstić information content (AvgIpc) is 3.63. The van der Waals surface area contributed by atoms with Crippen molar-refractivity contribution in [3.05, 3.63) is 93.4 Å². The fourth-order valence-electron chi connectivity index (χ4n) is 3.39. The molecule has 2 heterocycles. The van der Waals surface area contributed by atoms with E-state index < -0.39 is 41.6 Å². The predicted molar refractivity (Wildman–Crippen MR) is 156 cm³/mol. The van der Waals surface area contributed by atoms with Crippen molar-refractivity contribution >= 4 is 56.7 Å². The minimum Gasteiger partial charge on any atom is -0.476 e. The van der Waals surface area contributed by atoms with Gasteiger partial charge in [-0.2, -0.15) is 0 Å². The van der Waals surface area contributed by atoms with Crippen LogP contribution in [-0.4, -0.2) is 58.0 Å². The summed E-state index contributed by atoms with van der Waals surface area (Å²) in [4.78, 5) is 53.4. The van der Waals surface area contributed by atoms with Gasteiger partial charge >= 0.3 is 11.9 Å². The number of ether oxygens (including phenoxy) is 1. The van der Waals surface area contributed by atoms with Crippen molar-refractivity contribution in [2.45, 2.75) is 24.9 Å². The molecule has 12 nitrogen and oxygen atoms in total. The lowest BCUT2D eigenvalue weighted by molar-refractivity contribution is -0.118. The molecule has 2 aromatic carbocycles. The van der Waals surface area contributed by atoms with Gasteiger partial charge in [0, 0.05) is 16.8 Å². The molecular weight excluding hydrogens is 606 g/mol. The molecule has 2 amide bonds. The molecule has 2 aromatic heterocycles. The molecule has 0 fully saturated rings. The Balaban J connectivity index is 0.000000238. The summed E-state index contributed by atoms with van der Waals surface area (Å²) in [7, 11) is 1.22. The lowest BCUT2D eigenvalue weighted by Gasteiger charge is -2.11. The number of nitrogens with zero attached hydrogens (tertiary/aromatic N) is 2. The zero-order valence-corrected chi connectivity index (χ0v) is 24.1. The lowest BCUT2D eigenvalue weighted by Crippen LogP contribution is -2.37. The fraction of sp³-hybridized carbons (Fsp3) is 0.185. The second-order valence-corrected chi connectivity index (χ2v) is 10.5. The number of hydrogen-bond acceptors (Lipinski definition) is 11. The summed E-state index contributed by atoms with van der Waals surface area (Å²) in [5, 5.41) is 16.9. The molecule has 0 radical (unpaired) electrons. The van der Waals surface area contributed by atoms with Crippen LogP contribution >= 0.6 is 22.7 Å². The minimum atomic E-state index is -1.13. The summed E-state index contributed by atoms with van der Waals surface area (Å²) in [6, 6.07) is 10.6. The number of esters is 1. The van der Waals surface area contributed by atoms with E-state index in [1.807, 2.05) is 30.3 Å². The number of aromatic carboxylic acids is 1. The molecule has 2 atom stereocenters. The van der Waals surface area contributed by atoms with Crippen molar-refractivity contribution in [2.24, 2.45) is 11.5 Å². The number of amides is 2. The number of halogens is 2. The smallest absolute Gasteiger partial charge is 0.357 e. The number of rotatable bonds is 10. The van der Waals surface area contributed by atoms with E-state index in [0.29, 0.717) is 6.42 Å². The van der Waals surface area contributed by atoms with Gasteiger partial charge in [0.25, 0.3) is 0 Å². The van der Waals surface area contributed by atoms with Gasteiger partial charge in [-0.1, -0.05) is 30.3 Å². The molecule has 0 bridgehead atoms. The van der Waals surface area contributed by atoms with Gasteiger partial charge in [-0.3, -0.25) is 9.59 Å². The van der Waals surface area contributed by atoms with Gasteiger partial charge in [0.2, 0.25) is 11.8 Å². The van der Waals surface area contributed by atoms with Crippen LogP contribution in [0, 0.1) is 11.6 Å². The Kier molecular flexibility index (Phi) is 11.9. The number of anilines is 2. The number of nitrogens with one attached hydrogen (secondary N) is 2. The molecular formula is C27H26F2N6O6S2. The van der Waals surface area contributed by atoms with E-state index >= 15 is 0 Å². The van der Waals surface area contributed by atoms with Gasteiger partial charge in [0.05, 0.1) is 19.2 Å². The van der Waals surface area contributed by atoms with Crippen LogP contribution < -0.4 is 22.1 Å². The Morgan fingerprint density at radius 1 is 0.837 bits per heavy atom. The molecule has 0 saturated heterocycles. The van der Waals surface area contributed by atoms with Gasteiger partial charge in [0.1, 0.15) is 11.6 Å². The number of thiazole rings is 2. The molecule has 0 unspecified atom stereocenters. The summed E-state index contributed by atoms with van der Waals surface area (Å²) >= 11 is 2.08. The highest BCUT2D eigenvalue weighted by molar-refractivity contribution is 7.14. The van der Waals surface area contributed by atoms with Crippen LogP contribution in [0.2, 0.25) is 0 Å². The molecule has 4 aromatic rings. The first-order chi connectivity index (χ1) is 20.4. The largest absolute Gasteiger partial charge is 0.476 e. The van der Waals surface area contributed by atoms with E-state index in [2.05, 4.69) is 25.3 Å². The van der Waals surface area contributed by atoms with Crippen molar-refractivity contribution in [2.75, 3.05) is 17.7 Å². The number of carbonyl (C=O) groups excluding carboxylic acids is 3. The molecule has 43 heavy (non-hydrogen) atoms. The first-order valence-corrected chi connectivity index (χ1v) is 14.1. The van der Waals surface area contributed by atoms with Gasteiger partial charge in [-0.15, -0.1) is 22.7 Å². The van der Waals surface area contributed by atoms with Crippen molar-refractivity contribution in [1.29, 1.82) is 0 Å². The Morgan fingerprint density at radius 3 is 1.81 bits per heavy atom. The number of benzene rings is 2. The maximum atomic E-state index is 13.1. The highest BCUT2D eigenvalue weighted by Crippen LogP contribution is 2.18. The third-order valence-electron chi connectivity index (χ3n) is 5.43. The Bertz CT molecular complexity index is 1560. The molecule has 0 spiro atoms. The van der Waals surface area contributed by atoms with Gasteiger partial charge < -0.3 is 31.9 Å². The Hall–Kier alpha value is -4.64. The van der Waals surface area contributed by atoms with Gasteiger partial charge in [0.15, 0.2) is 21.7 Å². The minimum absolute atomic E-state index is 0.0459. The molecule has 0 aliphatic carbocycles. The van der Waals surface area contributed by atoms with Crippen LogP contribution in [0.25, 0.3) is 0 Å². The normalized spacial score (nSPS) is 11.8. The first-order valence-electron chi connectivity index (χ1n) is 12.3. The third kappa shape index (κ3) is 10.3. The van der Waals surface area contributed by atoms with E-state index in [0.717, 1.165) is 46.4 Å². The van der Waals surface area contributed by atoms with Crippen LogP contribution in [-0.2, 0) is 27.2 Å². The molecule has 226 valence electrons. The van der Waals surface area contributed by atoms with E-state index in [-0.39, 0.29) is 39.5 Å². The highest BCUT2D eigenvalue weighted by atomic mass is 32.1. The summed E-state index contributed by atoms with van der Waals surface area (Å²) in [6.07, 6.45) is 0.361. The summed E-state index contributed by atoms with van der Waals surface area (Å²) < 4.78 is 30.7. The van der Waals surface area contributed by atoms with Crippen LogP contribution in [0.4, 0.5) is 19.0 Å². The van der Waals surface area contributed by atoms with Gasteiger partial charge in [-0.25, -0.2) is 28.3 Å². The number of carbonyl (C=O) groups is 4. The number of nitrogens with two attached hydrogens (primary N) is 2. The molecule has 0 aliphatic rings. The number of hydrogen-bond donors (Lipinski definition) is 5. The van der Waals surface area contributed by atoms with Crippen LogP contribution in [0.3, 0.4) is 0 Å². The first kappa shape index (κ1) is 32.9. The van der Waals surface area contributed by atoms with E-state index in [4.69, 9.17) is 16.6 Å². The van der Waals surface area contributed by atoms with Crippen molar-refractivity contribution < 1.29 is 37.8 Å². The second-order valence-electron chi connectivity index (χ2n) is 8.74. The maximum Gasteiger partial charge on any atom is 0.357 e. The van der Waals surface area contributed by atoms with Crippen LogP contribution in [0.1, 0.15) is 32.1 Å². The van der Waals surface area contributed by atoms with E-state index in [1.165, 1.54) is 17.9 Å². The third-order valence-corrected chi connectivity index (χ3v) is 6.95. The number of carboxylic acids is 1. The molecule has 7 N–H and O–H groups in total. The summed E-state index contributed by atoms with van der Waals surface area (Å²) in [5.74, 6) is -4.21. The zero-order valence-electron chi connectivity index (χ0n) is 22.5. The molecule has 4 rings (SSSR count). The van der Waals surface area contributed by atoms with Gasteiger partial charge in [-0.05, 0) is 36.1 Å². The van der Waals surface area contributed by atoms with Crippen molar-refractivity contribution in [3.63, 3.8) is 0 Å². The summed E-state index contributed by atoms with van der Waals surface area (Å²) in [5.41, 5.74) is 12.7. The van der Waals surface area contributed by atoms with E-state index in [9.17, 15) is 28.0 Å². The molecule has 0 saturated carbocycles. The lowest BCUT2D eigenvalue weighted by atomic mass is 10.1. The topological polar surface area (TPSA) is 200 Å².